The molecule has 1 nitrogen and oxygen atoms in total. The normalized spacial score (nSPS) is 22.9. The molecule has 0 bridgehead atoms. The SMILES string of the molecule is CC(NC1C[C@H](C)Sc2sccc21)c1ccc(F)cc1F. The van der Waals surface area contributed by atoms with Crippen molar-refractivity contribution in [2.24, 2.45) is 0 Å². The number of thioether (sulfide) groups is 1. The van der Waals surface area contributed by atoms with Crippen LogP contribution in [0.15, 0.2) is 33.9 Å². The highest BCUT2D eigenvalue weighted by Gasteiger charge is 2.27. The van der Waals surface area contributed by atoms with E-state index in [4.69, 9.17) is 0 Å². The van der Waals surface area contributed by atoms with E-state index in [1.54, 1.807) is 11.3 Å². The first-order valence-corrected chi connectivity index (χ1v) is 8.75. The predicted octanol–water partition coefficient (Wildman–Crippen LogP) is 5.30. The molecule has 0 spiro atoms. The van der Waals surface area contributed by atoms with Crippen molar-refractivity contribution >= 4 is 23.1 Å². The Morgan fingerprint density at radius 2 is 2.10 bits per heavy atom. The monoisotopic (exact) mass is 325 g/mol. The van der Waals surface area contributed by atoms with Crippen LogP contribution < -0.4 is 5.32 Å². The number of fused-ring (bicyclic) bond motifs is 1. The number of hydrogen-bond donors (Lipinski definition) is 1. The van der Waals surface area contributed by atoms with Crippen LogP contribution in [0.25, 0.3) is 0 Å². The Balaban J connectivity index is 1.80. The van der Waals surface area contributed by atoms with Crippen molar-refractivity contribution in [3.8, 4) is 0 Å². The Kier molecular flexibility index (Phi) is 4.33. The van der Waals surface area contributed by atoms with Gasteiger partial charge in [0.2, 0.25) is 0 Å². The number of benzene rings is 1. The fourth-order valence-corrected chi connectivity index (χ4v) is 5.32. The van der Waals surface area contributed by atoms with E-state index in [1.165, 1.54) is 21.9 Å². The standard InChI is InChI=1S/C16H17F2NS2/c1-9-7-15(13-5-6-20-16(13)21-9)19-10(2)12-4-3-11(17)8-14(12)18/h3-6,8-10,15,19H,7H2,1-2H3/t9-,10?,15?/m0/s1. The zero-order valence-electron chi connectivity index (χ0n) is 11.9. The Morgan fingerprint density at radius 3 is 2.86 bits per heavy atom. The van der Waals surface area contributed by atoms with Crippen molar-refractivity contribution in [2.75, 3.05) is 0 Å². The molecule has 1 aliphatic heterocycles. The quantitative estimate of drug-likeness (QED) is 0.821. The van der Waals surface area contributed by atoms with Crippen LogP contribution in [-0.4, -0.2) is 5.25 Å². The van der Waals surface area contributed by atoms with Gasteiger partial charge in [-0.3, -0.25) is 0 Å². The van der Waals surface area contributed by atoms with E-state index < -0.39 is 11.6 Å². The number of thiophene rings is 1. The third kappa shape index (κ3) is 3.15. The summed E-state index contributed by atoms with van der Waals surface area (Å²) >= 11 is 3.67. The minimum Gasteiger partial charge on any atom is -0.303 e. The molecular weight excluding hydrogens is 308 g/mol. The van der Waals surface area contributed by atoms with Crippen LogP contribution >= 0.6 is 23.1 Å². The van der Waals surface area contributed by atoms with E-state index in [1.807, 2.05) is 18.7 Å². The minimum atomic E-state index is -0.536. The molecule has 1 N–H and O–H groups in total. The molecule has 1 aromatic carbocycles. The van der Waals surface area contributed by atoms with E-state index in [2.05, 4.69) is 23.7 Å². The summed E-state index contributed by atoms with van der Waals surface area (Å²) < 4.78 is 28.2. The van der Waals surface area contributed by atoms with Crippen LogP contribution in [0.5, 0.6) is 0 Å². The van der Waals surface area contributed by atoms with E-state index in [0.717, 1.165) is 12.5 Å². The van der Waals surface area contributed by atoms with E-state index in [-0.39, 0.29) is 12.1 Å². The molecule has 5 heteroatoms. The highest BCUT2D eigenvalue weighted by atomic mass is 32.2. The van der Waals surface area contributed by atoms with Crippen LogP contribution in [0, 0.1) is 11.6 Å². The summed E-state index contributed by atoms with van der Waals surface area (Å²) in [7, 11) is 0. The zero-order valence-corrected chi connectivity index (χ0v) is 13.5. The third-order valence-electron chi connectivity index (χ3n) is 3.79. The molecule has 3 rings (SSSR count). The van der Waals surface area contributed by atoms with Crippen molar-refractivity contribution in [3.05, 3.63) is 52.4 Å². The van der Waals surface area contributed by atoms with Gasteiger partial charge in [0.15, 0.2) is 0 Å². The Labute approximate surface area is 131 Å². The highest BCUT2D eigenvalue weighted by Crippen LogP contribution is 2.44. The van der Waals surface area contributed by atoms with E-state index >= 15 is 0 Å². The molecule has 2 heterocycles. The lowest BCUT2D eigenvalue weighted by Crippen LogP contribution is -2.29. The van der Waals surface area contributed by atoms with Crippen LogP contribution in [0.3, 0.4) is 0 Å². The van der Waals surface area contributed by atoms with E-state index in [0.29, 0.717) is 10.8 Å². The van der Waals surface area contributed by atoms with Gasteiger partial charge in [-0.15, -0.1) is 23.1 Å². The topological polar surface area (TPSA) is 12.0 Å². The van der Waals surface area contributed by atoms with Crippen molar-refractivity contribution in [2.45, 2.75) is 41.8 Å². The number of halogens is 2. The van der Waals surface area contributed by atoms with Gasteiger partial charge in [-0.05, 0) is 36.4 Å². The third-order valence-corrected chi connectivity index (χ3v) is 6.13. The zero-order chi connectivity index (χ0) is 15.0. The second-order valence-corrected chi connectivity index (χ2v) is 8.06. The van der Waals surface area contributed by atoms with Gasteiger partial charge in [0.1, 0.15) is 11.6 Å². The molecule has 0 saturated heterocycles. The second kappa shape index (κ2) is 6.07. The summed E-state index contributed by atoms with van der Waals surface area (Å²) in [6, 6.07) is 6.00. The molecule has 0 amide bonds. The van der Waals surface area contributed by atoms with E-state index in [9.17, 15) is 8.78 Å². The smallest absolute Gasteiger partial charge is 0.130 e. The van der Waals surface area contributed by atoms with Gasteiger partial charge in [-0.1, -0.05) is 13.0 Å². The minimum absolute atomic E-state index is 0.154. The average Bonchev–Trinajstić information content (AvgIpc) is 2.86. The first kappa shape index (κ1) is 15.0. The van der Waals surface area contributed by atoms with Crippen LogP contribution in [0.2, 0.25) is 0 Å². The average molecular weight is 325 g/mol. The maximum absolute atomic E-state index is 13.9. The van der Waals surface area contributed by atoms with Gasteiger partial charge in [-0.25, -0.2) is 8.78 Å². The fourth-order valence-electron chi connectivity index (χ4n) is 2.75. The van der Waals surface area contributed by atoms with Gasteiger partial charge in [0.05, 0.1) is 4.21 Å². The molecule has 2 unspecified atom stereocenters. The summed E-state index contributed by atoms with van der Waals surface area (Å²) in [5.41, 5.74) is 1.82. The predicted molar refractivity (Wildman–Crippen MR) is 84.9 cm³/mol. The second-order valence-electron chi connectivity index (χ2n) is 5.43. The molecule has 21 heavy (non-hydrogen) atoms. The van der Waals surface area contributed by atoms with Crippen molar-refractivity contribution in [1.29, 1.82) is 0 Å². The summed E-state index contributed by atoms with van der Waals surface area (Å²) in [6.07, 6.45) is 1.02. The largest absolute Gasteiger partial charge is 0.303 e. The Hall–Kier alpha value is -0.910. The van der Waals surface area contributed by atoms with Crippen LogP contribution in [0.1, 0.15) is 43.5 Å². The molecule has 1 aromatic heterocycles. The first-order chi connectivity index (χ1) is 10.0. The van der Waals surface area contributed by atoms with Gasteiger partial charge in [-0.2, -0.15) is 0 Å². The number of hydrogen-bond acceptors (Lipinski definition) is 3. The number of nitrogens with one attached hydrogen (secondary N) is 1. The fraction of sp³-hybridized carbons (Fsp3) is 0.375. The summed E-state index contributed by atoms with van der Waals surface area (Å²) in [6.45, 7) is 4.14. The maximum Gasteiger partial charge on any atom is 0.130 e. The maximum atomic E-state index is 13.9. The molecule has 0 aliphatic carbocycles. The number of rotatable bonds is 3. The Bertz CT molecular complexity index is 641. The summed E-state index contributed by atoms with van der Waals surface area (Å²) in [4.78, 5) is 0. The van der Waals surface area contributed by atoms with Crippen molar-refractivity contribution in [1.82, 2.24) is 5.32 Å². The summed E-state index contributed by atoms with van der Waals surface area (Å²) in [5, 5.41) is 6.14. The Morgan fingerprint density at radius 1 is 1.29 bits per heavy atom. The molecule has 0 radical (unpaired) electrons. The lowest BCUT2D eigenvalue weighted by Gasteiger charge is -2.30. The molecular formula is C16H17F2NS2. The van der Waals surface area contributed by atoms with Gasteiger partial charge < -0.3 is 5.32 Å². The van der Waals surface area contributed by atoms with Gasteiger partial charge >= 0.3 is 0 Å². The molecule has 2 aromatic rings. The molecule has 1 aliphatic rings. The highest BCUT2D eigenvalue weighted by molar-refractivity contribution is 8.01. The summed E-state index contributed by atoms with van der Waals surface area (Å²) in [5.74, 6) is -1.02. The van der Waals surface area contributed by atoms with Gasteiger partial charge in [0, 0.05) is 29.0 Å². The van der Waals surface area contributed by atoms with Crippen molar-refractivity contribution in [3.63, 3.8) is 0 Å². The van der Waals surface area contributed by atoms with Crippen molar-refractivity contribution < 1.29 is 8.78 Å². The first-order valence-electron chi connectivity index (χ1n) is 6.99. The van der Waals surface area contributed by atoms with Crippen LogP contribution in [-0.2, 0) is 0 Å². The lowest BCUT2D eigenvalue weighted by atomic mass is 10.0. The lowest BCUT2D eigenvalue weighted by molar-refractivity contribution is 0.423. The van der Waals surface area contributed by atoms with Crippen LogP contribution in [0.4, 0.5) is 8.78 Å². The molecule has 0 saturated carbocycles. The molecule has 0 fully saturated rings. The molecule has 3 atom stereocenters. The molecule has 112 valence electrons. The van der Waals surface area contributed by atoms with Gasteiger partial charge in [0.25, 0.3) is 0 Å².